The number of fused-ring (bicyclic) bond motifs is 2. The van der Waals surface area contributed by atoms with Crippen molar-refractivity contribution >= 4 is 11.9 Å². The third-order valence-electron chi connectivity index (χ3n) is 14.3. The van der Waals surface area contributed by atoms with E-state index in [1.165, 1.54) is 26.6 Å². The first-order valence-corrected chi connectivity index (χ1v) is 23.5. The van der Waals surface area contributed by atoms with Crippen LogP contribution in [0.15, 0.2) is 109 Å². The molecule has 0 saturated heterocycles. The molecule has 2 aromatic heterocycles. The van der Waals surface area contributed by atoms with Crippen molar-refractivity contribution in [1.29, 1.82) is 0 Å². The number of hydrogen-bond acceptors (Lipinski definition) is 8. The van der Waals surface area contributed by atoms with E-state index in [9.17, 15) is 28.6 Å². The summed E-state index contributed by atoms with van der Waals surface area (Å²) >= 11 is 0. The quantitative estimate of drug-likeness (QED) is 0.109. The van der Waals surface area contributed by atoms with Crippen molar-refractivity contribution < 1.29 is 47.5 Å². The number of aliphatic carboxylic acids is 2. The number of nitrogens with zero attached hydrogens (tertiary/aromatic N) is 2. The van der Waals surface area contributed by atoms with Crippen molar-refractivity contribution in [2.45, 2.75) is 76.0 Å². The van der Waals surface area contributed by atoms with Crippen molar-refractivity contribution in [2.24, 2.45) is 23.7 Å². The van der Waals surface area contributed by atoms with Crippen LogP contribution in [0, 0.1) is 35.3 Å². The maximum atomic E-state index is 14.3. The molecule has 0 bridgehead atoms. The van der Waals surface area contributed by atoms with Gasteiger partial charge in [-0.2, -0.15) is 0 Å². The minimum atomic E-state index is -0.743. The Hall–Kier alpha value is -6.82. The Balaban J connectivity index is 0.000000170. The number of carboxylic acid groups (broad SMARTS) is 2. The number of carboxylic acids is 2. The Kier molecular flexibility index (Phi) is 13.5. The first-order chi connectivity index (χ1) is 32.9. The van der Waals surface area contributed by atoms with E-state index >= 15 is 0 Å². The molecule has 2 aliphatic carbocycles. The maximum absolute atomic E-state index is 14.3. The molecule has 4 aromatic carbocycles. The van der Waals surface area contributed by atoms with Gasteiger partial charge in [-0.05, 0) is 119 Å². The van der Waals surface area contributed by atoms with Gasteiger partial charge in [-0.3, -0.25) is 9.59 Å². The molecule has 2 unspecified atom stereocenters. The van der Waals surface area contributed by atoms with Gasteiger partial charge in [0.1, 0.15) is 23.1 Å². The molecule has 2 aliphatic heterocycles. The van der Waals surface area contributed by atoms with Crippen LogP contribution in [0.4, 0.5) is 8.78 Å². The first-order valence-electron chi connectivity index (χ1n) is 23.5. The predicted molar refractivity (Wildman–Crippen MR) is 254 cm³/mol. The van der Waals surface area contributed by atoms with E-state index < -0.39 is 35.4 Å². The second-order valence-electron chi connectivity index (χ2n) is 18.8. The highest BCUT2D eigenvalue weighted by Crippen LogP contribution is 2.49. The van der Waals surface area contributed by atoms with E-state index in [-0.39, 0.29) is 23.7 Å². The van der Waals surface area contributed by atoms with Gasteiger partial charge in [-0.15, -0.1) is 0 Å². The number of methoxy groups -OCH3 is 2. The van der Waals surface area contributed by atoms with Crippen LogP contribution in [-0.2, 0) is 22.4 Å². The average molecular weight is 923 g/mol. The van der Waals surface area contributed by atoms with Gasteiger partial charge in [-0.25, -0.2) is 18.7 Å². The lowest BCUT2D eigenvalue weighted by Crippen LogP contribution is -2.22. The fourth-order valence-electron chi connectivity index (χ4n) is 10.2. The summed E-state index contributed by atoms with van der Waals surface area (Å²) in [6.45, 7) is 4.77. The van der Waals surface area contributed by atoms with Crippen LogP contribution in [0.3, 0.4) is 0 Å². The summed E-state index contributed by atoms with van der Waals surface area (Å²) < 4.78 is 51.0. The molecule has 2 saturated carbocycles. The van der Waals surface area contributed by atoms with Crippen LogP contribution in [0.5, 0.6) is 23.3 Å². The van der Waals surface area contributed by atoms with Crippen molar-refractivity contribution in [3.05, 3.63) is 154 Å². The zero-order valence-electron chi connectivity index (χ0n) is 38.7. The average Bonchev–Trinajstić information content (AvgIpc) is 4.32. The highest BCUT2D eigenvalue weighted by Gasteiger charge is 2.40. The standard InChI is InChI=1S/2C28H28FNO4/c2*1-16(28(31)32)27(19-7-8-19)20-9-10-25-21(11-20)12-22(15-34-25)17-3-5-18(6-4-17)23-13-26(33-2)30-14-24(23)29/h2*3-6,9-11,13-14,16,19,22,27H,7-8,12,15H2,1-2H3,(H,31,32)/t2*16-,22?,27-/m00/s1. The second kappa shape index (κ2) is 19.8. The maximum Gasteiger partial charge on any atom is 0.306 e. The molecule has 10 nitrogen and oxygen atoms in total. The van der Waals surface area contributed by atoms with Gasteiger partial charge in [0, 0.05) is 35.1 Å². The summed E-state index contributed by atoms with van der Waals surface area (Å²) in [6.07, 6.45) is 8.35. The molecule has 0 radical (unpaired) electrons. The van der Waals surface area contributed by atoms with E-state index in [0.717, 1.165) is 94.5 Å². The molecule has 4 heterocycles. The Labute approximate surface area is 395 Å². The minimum absolute atomic E-state index is 0.0368. The van der Waals surface area contributed by atoms with Crippen molar-refractivity contribution in [1.82, 2.24) is 9.97 Å². The number of rotatable bonds is 14. The van der Waals surface area contributed by atoms with Crippen LogP contribution >= 0.6 is 0 Å². The molecule has 6 aromatic rings. The van der Waals surface area contributed by atoms with Crippen LogP contribution in [0.25, 0.3) is 22.3 Å². The molecule has 12 heteroatoms. The number of ether oxygens (including phenoxy) is 4. The number of benzene rings is 4. The number of pyridine rings is 2. The largest absolute Gasteiger partial charge is 0.493 e. The molecule has 4 aliphatic rings. The number of aromatic nitrogens is 2. The van der Waals surface area contributed by atoms with Gasteiger partial charge in [0.25, 0.3) is 0 Å². The Bertz CT molecular complexity index is 2600. The SMILES string of the molecule is COc1cc(-c2ccc(C3COc4ccc([C@H](C5CC5)[C@H](C)C(=O)O)cc4C3)cc2)c(F)cn1.COc1cc(-c2ccc(C3COc4ccc([C@H](C5CC5)[C@H](C)C(=O)O)cc4C3)cc2)c(F)cn1. The van der Waals surface area contributed by atoms with Gasteiger partial charge in [-0.1, -0.05) is 86.6 Å². The van der Waals surface area contributed by atoms with E-state index in [4.69, 9.17) is 18.9 Å². The van der Waals surface area contributed by atoms with E-state index in [1.807, 2.05) is 86.6 Å². The minimum Gasteiger partial charge on any atom is -0.493 e. The monoisotopic (exact) mass is 922 g/mol. The summed E-state index contributed by atoms with van der Waals surface area (Å²) in [5.74, 6) is 0.711. The molecular weight excluding hydrogens is 867 g/mol. The number of hydrogen-bond donors (Lipinski definition) is 2. The van der Waals surface area contributed by atoms with Crippen LogP contribution in [0.1, 0.15) is 96.6 Å². The summed E-state index contributed by atoms with van der Waals surface area (Å²) in [7, 11) is 3.02. The van der Waals surface area contributed by atoms with Crippen molar-refractivity contribution in [3.8, 4) is 45.5 Å². The van der Waals surface area contributed by atoms with Crippen molar-refractivity contribution in [2.75, 3.05) is 27.4 Å². The third-order valence-corrected chi connectivity index (χ3v) is 14.3. The fourth-order valence-corrected chi connectivity index (χ4v) is 10.2. The second-order valence-corrected chi connectivity index (χ2v) is 18.8. The smallest absolute Gasteiger partial charge is 0.306 e. The zero-order chi connectivity index (χ0) is 47.6. The van der Waals surface area contributed by atoms with Crippen LogP contribution in [-0.4, -0.2) is 59.6 Å². The van der Waals surface area contributed by atoms with Crippen LogP contribution < -0.4 is 18.9 Å². The van der Waals surface area contributed by atoms with E-state index in [1.54, 1.807) is 12.1 Å². The number of halogens is 2. The lowest BCUT2D eigenvalue weighted by atomic mass is 9.81. The first kappa shape index (κ1) is 46.3. The van der Waals surface area contributed by atoms with Gasteiger partial charge in [0.2, 0.25) is 11.8 Å². The highest BCUT2D eigenvalue weighted by molar-refractivity contribution is 5.72. The third kappa shape index (κ3) is 10.1. The summed E-state index contributed by atoms with van der Waals surface area (Å²) in [5, 5.41) is 19.2. The number of carbonyl (C=O) groups is 2. The fraction of sp³-hybridized carbons (Fsp3) is 0.357. The Morgan fingerprint density at radius 2 is 0.971 bits per heavy atom. The molecule has 6 atom stereocenters. The van der Waals surface area contributed by atoms with E-state index in [2.05, 4.69) is 22.1 Å². The predicted octanol–water partition coefficient (Wildman–Crippen LogP) is 11.7. The van der Waals surface area contributed by atoms with Crippen molar-refractivity contribution in [3.63, 3.8) is 0 Å². The van der Waals surface area contributed by atoms with Gasteiger partial charge < -0.3 is 29.2 Å². The Morgan fingerprint density at radius 3 is 1.31 bits per heavy atom. The van der Waals surface area contributed by atoms with Gasteiger partial charge in [0.05, 0.1) is 51.7 Å². The molecule has 2 N–H and O–H groups in total. The Morgan fingerprint density at radius 1 is 0.588 bits per heavy atom. The lowest BCUT2D eigenvalue weighted by molar-refractivity contribution is -0.143. The molecule has 10 rings (SSSR count). The van der Waals surface area contributed by atoms with Crippen LogP contribution in [0.2, 0.25) is 0 Å². The van der Waals surface area contributed by atoms with Gasteiger partial charge >= 0.3 is 11.9 Å². The molecule has 2 fully saturated rings. The van der Waals surface area contributed by atoms with E-state index in [0.29, 0.717) is 47.9 Å². The topological polar surface area (TPSA) is 137 Å². The van der Waals surface area contributed by atoms with Gasteiger partial charge in [0.15, 0.2) is 0 Å². The summed E-state index contributed by atoms with van der Waals surface area (Å²) in [5.41, 5.74) is 9.09. The summed E-state index contributed by atoms with van der Waals surface area (Å²) in [4.78, 5) is 31.2. The normalized spacial score (nSPS) is 19.0. The highest BCUT2D eigenvalue weighted by atomic mass is 19.1. The summed E-state index contributed by atoms with van der Waals surface area (Å²) in [6, 6.07) is 31.3. The molecule has 0 spiro atoms. The molecule has 68 heavy (non-hydrogen) atoms. The molecule has 352 valence electrons. The zero-order valence-corrected chi connectivity index (χ0v) is 38.7. The molecule has 0 amide bonds. The lowest BCUT2D eigenvalue weighted by Gasteiger charge is -2.28. The molecular formula is C56H56F2N2O8.